The average molecular weight is 298 g/mol. The van der Waals surface area contributed by atoms with Crippen LogP contribution in [-0.4, -0.2) is 22.3 Å². The van der Waals surface area contributed by atoms with E-state index < -0.39 is 9.85 Å². The molecule has 0 N–H and O–H groups in total. The molecular weight excluding hydrogens is 288 g/mol. The summed E-state index contributed by atoms with van der Waals surface area (Å²) in [6.45, 7) is 0. The van der Waals surface area contributed by atoms with Gasteiger partial charge in [-0.1, -0.05) is 24.3 Å². The molecular formula is C14H10N4O4. The fourth-order valence-corrected chi connectivity index (χ4v) is 1.68. The first-order valence-electron chi connectivity index (χ1n) is 6.12. The van der Waals surface area contributed by atoms with Crippen LogP contribution in [0.5, 0.6) is 0 Å². The summed E-state index contributed by atoms with van der Waals surface area (Å²) in [5, 5.41) is 28.9. The third kappa shape index (κ3) is 3.79. The van der Waals surface area contributed by atoms with Crippen molar-refractivity contribution in [2.45, 2.75) is 0 Å². The van der Waals surface area contributed by atoms with Gasteiger partial charge in [0.25, 0.3) is 11.4 Å². The molecule has 0 aliphatic rings. The van der Waals surface area contributed by atoms with Gasteiger partial charge >= 0.3 is 0 Å². The van der Waals surface area contributed by atoms with Crippen LogP contribution in [0, 0.1) is 20.2 Å². The summed E-state index contributed by atoms with van der Waals surface area (Å²) in [5.41, 5.74) is 0.709. The van der Waals surface area contributed by atoms with Crippen LogP contribution in [0.3, 0.4) is 0 Å². The molecule has 0 bridgehead atoms. The lowest BCUT2D eigenvalue weighted by Gasteiger charge is -1.94. The van der Waals surface area contributed by atoms with Crippen molar-refractivity contribution in [3.8, 4) is 0 Å². The third-order valence-corrected chi connectivity index (χ3v) is 2.68. The average Bonchev–Trinajstić information content (AvgIpc) is 2.52. The smallest absolute Gasteiger partial charge is 0.258 e. The summed E-state index contributed by atoms with van der Waals surface area (Å²) < 4.78 is 0. The molecule has 0 saturated carbocycles. The Bertz CT molecular complexity index is 771. The zero-order valence-corrected chi connectivity index (χ0v) is 11.2. The molecule has 0 spiro atoms. The SMILES string of the molecule is O=[N+]([O-])c1cccc(C=NN=Cc2ccccc2[N+](=O)[O-])c1. The molecule has 8 nitrogen and oxygen atoms in total. The molecule has 0 fully saturated rings. The Morgan fingerprint density at radius 1 is 0.864 bits per heavy atom. The van der Waals surface area contributed by atoms with Crippen LogP contribution in [0.25, 0.3) is 0 Å². The molecule has 0 radical (unpaired) electrons. The lowest BCUT2D eigenvalue weighted by molar-refractivity contribution is -0.385. The van der Waals surface area contributed by atoms with Crippen molar-refractivity contribution < 1.29 is 9.85 Å². The monoisotopic (exact) mass is 298 g/mol. The number of hydrogen-bond donors (Lipinski definition) is 0. The molecule has 0 amide bonds. The second-order valence-corrected chi connectivity index (χ2v) is 4.16. The van der Waals surface area contributed by atoms with E-state index in [9.17, 15) is 20.2 Å². The molecule has 110 valence electrons. The van der Waals surface area contributed by atoms with E-state index >= 15 is 0 Å². The zero-order chi connectivity index (χ0) is 15.9. The van der Waals surface area contributed by atoms with Crippen LogP contribution in [-0.2, 0) is 0 Å². The molecule has 0 aliphatic carbocycles. The molecule has 8 heteroatoms. The Labute approximate surface area is 124 Å². The highest BCUT2D eigenvalue weighted by Gasteiger charge is 2.09. The van der Waals surface area contributed by atoms with Crippen molar-refractivity contribution in [2.75, 3.05) is 0 Å². The number of non-ortho nitro benzene ring substituents is 1. The minimum absolute atomic E-state index is 0.0494. The van der Waals surface area contributed by atoms with Gasteiger partial charge in [0.05, 0.1) is 27.8 Å². The summed E-state index contributed by atoms with van der Waals surface area (Å²) in [5.74, 6) is 0. The highest BCUT2D eigenvalue weighted by Crippen LogP contribution is 2.15. The van der Waals surface area contributed by atoms with Gasteiger partial charge in [0.2, 0.25) is 0 Å². The number of para-hydroxylation sites is 1. The van der Waals surface area contributed by atoms with Crippen LogP contribution >= 0.6 is 0 Å². The fraction of sp³-hybridized carbons (Fsp3) is 0. The maximum Gasteiger partial charge on any atom is 0.278 e. The molecule has 22 heavy (non-hydrogen) atoms. The zero-order valence-electron chi connectivity index (χ0n) is 11.2. The van der Waals surface area contributed by atoms with Crippen molar-refractivity contribution >= 4 is 23.8 Å². The minimum atomic E-state index is -0.508. The second-order valence-electron chi connectivity index (χ2n) is 4.16. The quantitative estimate of drug-likeness (QED) is 0.480. The fourth-order valence-electron chi connectivity index (χ4n) is 1.68. The Kier molecular flexibility index (Phi) is 4.66. The molecule has 0 saturated heterocycles. The van der Waals surface area contributed by atoms with E-state index in [1.165, 1.54) is 36.7 Å². The molecule has 0 heterocycles. The lowest BCUT2D eigenvalue weighted by atomic mass is 10.2. The molecule has 0 unspecified atom stereocenters. The van der Waals surface area contributed by atoms with Gasteiger partial charge in [0.15, 0.2) is 0 Å². The lowest BCUT2D eigenvalue weighted by Crippen LogP contribution is -1.93. The van der Waals surface area contributed by atoms with E-state index in [-0.39, 0.29) is 11.4 Å². The standard InChI is InChI=1S/C14H10N4O4/c19-17(20)13-6-3-4-11(8-13)9-15-16-10-12-5-1-2-7-14(12)18(21)22/h1-10H. The topological polar surface area (TPSA) is 111 Å². The number of hydrogen-bond acceptors (Lipinski definition) is 6. The number of benzene rings is 2. The van der Waals surface area contributed by atoms with Crippen LogP contribution in [0.4, 0.5) is 11.4 Å². The minimum Gasteiger partial charge on any atom is -0.258 e. The molecule has 2 aromatic carbocycles. The first-order valence-corrected chi connectivity index (χ1v) is 6.12. The van der Waals surface area contributed by atoms with Crippen LogP contribution in [0.15, 0.2) is 58.7 Å². The van der Waals surface area contributed by atoms with Gasteiger partial charge in [-0.3, -0.25) is 20.2 Å². The second kappa shape index (κ2) is 6.84. The summed E-state index contributed by atoms with van der Waals surface area (Å²) in [6.07, 6.45) is 2.59. The summed E-state index contributed by atoms with van der Waals surface area (Å²) in [6, 6.07) is 12.0. The van der Waals surface area contributed by atoms with E-state index in [1.54, 1.807) is 24.3 Å². The first kappa shape index (κ1) is 15.0. The third-order valence-electron chi connectivity index (χ3n) is 2.68. The Balaban J connectivity index is 2.14. The number of nitro groups is 2. The van der Waals surface area contributed by atoms with Crippen LogP contribution in [0.2, 0.25) is 0 Å². The Morgan fingerprint density at radius 2 is 1.59 bits per heavy atom. The summed E-state index contributed by atoms with van der Waals surface area (Å²) in [4.78, 5) is 20.4. The maximum atomic E-state index is 10.8. The van der Waals surface area contributed by atoms with E-state index in [0.717, 1.165) is 0 Å². The largest absolute Gasteiger partial charge is 0.278 e. The van der Waals surface area contributed by atoms with Crippen molar-refractivity contribution in [1.29, 1.82) is 0 Å². The Morgan fingerprint density at radius 3 is 2.32 bits per heavy atom. The van der Waals surface area contributed by atoms with Gasteiger partial charge in [-0.25, -0.2) is 0 Å². The van der Waals surface area contributed by atoms with Gasteiger partial charge in [0.1, 0.15) is 0 Å². The highest BCUT2D eigenvalue weighted by molar-refractivity contribution is 5.86. The first-order chi connectivity index (χ1) is 10.6. The van der Waals surface area contributed by atoms with E-state index in [4.69, 9.17) is 0 Å². The molecule has 0 atom stereocenters. The maximum absolute atomic E-state index is 10.8. The highest BCUT2D eigenvalue weighted by atomic mass is 16.6. The van der Waals surface area contributed by atoms with Crippen molar-refractivity contribution in [3.63, 3.8) is 0 Å². The van der Waals surface area contributed by atoms with Crippen molar-refractivity contribution in [2.24, 2.45) is 10.2 Å². The van der Waals surface area contributed by atoms with E-state index in [0.29, 0.717) is 11.1 Å². The predicted octanol–water partition coefficient (Wildman–Crippen LogP) is 2.96. The number of nitro benzene ring substituents is 2. The number of nitrogens with zero attached hydrogens (tertiary/aromatic N) is 4. The van der Waals surface area contributed by atoms with Crippen molar-refractivity contribution in [3.05, 3.63) is 79.9 Å². The summed E-state index contributed by atoms with van der Waals surface area (Å²) in [7, 11) is 0. The molecule has 2 aromatic rings. The van der Waals surface area contributed by atoms with Crippen molar-refractivity contribution in [1.82, 2.24) is 0 Å². The van der Waals surface area contributed by atoms with Gasteiger partial charge < -0.3 is 0 Å². The predicted molar refractivity (Wildman–Crippen MR) is 81.4 cm³/mol. The van der Waals surface area contributed by atoms with Crippen LogP contribution < -0.4 is 0 Å². The van der Waals surface area contributed by atoms with E-state index in [2.05, 4.69) is 10.2 Å². The van der Waals surface area contributed by atoms with Gasteiger partial charge in [-0.15, -0.1) is 0 Å². The van der Waals surface area contributed by atoms with Gasteiger partial charge in [-0.05, 0) is 6.07 Å². The molecule has 0 aromatic heterocycles. The number of rotatable bonds is 5. The Hall–Kier alpha value is -3.42. The van der Waals surface area contributed by atoms with Crippen LogP contribution in [0.1, 0.15) is 11.1 Å². The molecule has 0 aliphatic heterocycles. The van der Waals surface area contributed by atoms with E-state index in [1.807, 2.05) is 0 Å². The molecule has 2 rings (SSSR count). The van der Waals surface area contributed by atoms with Gasteiger partial charge in [-0.2, -0.15) is 10.2 Å². The van der Waals surface area contributed by atoms with Gasteiger partial charge in [0, 0.05) is 23.8 Å². The summed E-state index contributed by atoms with van der Waals surface area (Å²) >= 11 is 0. The normalized spacial score (nSPS) is 11.1.